The lowest BCUT2D eigenvalue weighted by Crippen LogP contribution is -2.29. The first-order valence-corrected chi connectivity index (χ1v) is 4.46. The fraction of sp³-hybridized carbons (Fsp3) is 0.667. The molecule has 1 N–H and O–H groups in total. The molecule has 10 heavy (non-hydrogen) atoms. The fourth-order valence-electron chi connectivity index (χ4n) is 0.244. The van der Waals surface area contributed by atoms with E-state index in [0.717, 1.165) is 6.92 Å². The van der Waals surface area contributed by atoms with Gasteiger partial charge in [0, 0.05) is 0 Å². The summed E-state index contributed by atoms with van der Waals surface area (Å²) in [6.45, 7) is 1.15. The van der Waals surface area contributed by atoms with Gasteiger partial charge in [0.1, 0.15) is 4.08 Å². The van der Waals surface area contributed by atoms with Crippen molar-refractivity contribution in [2.24, 2.45) is 0 Å². The predicted octanol–water partition coefficient (Wildman–Crippen LogP) is -0.0234. The van der Waals surface area contributed by atoms with E-state index in [4.69, 9.17) is 4.55 Å². The van der Waals surface area contributed by atoms with Crippen molar-refractivity contribution in [3.05, 3.63) is 0 Å². The zero-order valence-electron chi connectivity index (χ0n) is 4.97. The average Bonchev–Trinajstić information content (AvgIpc) is 1.59. The lowest BCUT2D eigenvalue weighted by Gasteiger charge is -2.10. The van der Waals surface area contributed by atoms with Gasteiger partial charge >= 0.3 is 10.1 Å². The summed E-state index contributed by atoms with van der Waals surface area (Å²) in [5, 5.41) is -1.42. The highest BCUT2D eigenvalue weighted by Crippen LogP contribution is 2.21. The Morgan fingerprint density at radius 1 is 1.50 bits per heavy atom. The molecule has 0 aliphatic carbocycles. The molecule has 0 fully saturated rings. The van der Waals surface area contributed by atoms with E-state index in [1.807, 2.05) is 0 Å². The van der Waals surface area contributed by atoms with E-state index in [1.54, 1.807) is 0 Å². The van der Waals surface area contributed by atoms with Gasteiger partial charge in [0.05, 0.1) is 0 Å². The number of thiol groups is 2. The molecule has 60 valence electrons. The highest BCUT2D eigenvalue weighted by atomic mass is 32.2. The summed E-state index contributed by atoms with van der Waals surface area (Å²) in [7, 11) is -4.65. The normalized spacial score (nSPS) is 13.2. The molecule has 0 saturated carbocycles. The average molecular weight is 202 g/mol. The van der Waals surface area contributed by atoms with Crippen molar-refractivity contribution in [2.75, 3.05) is 0 Å². The highest BCUT2D eigenvalue weighted by molar-refractivity contribution is 8.10. The molecule has 0 radical (unpaired) electrons. The molecule has 0 aromatic carbocycles. The van der Waals surface area contributed by atoms with Gasteiger partial charge < -0.3 is 0 Å². The van der Waals surface area contributed by atoms with Gasteiger partial charge in [-0.2, -0.15) is 33.7 Å². The van der Waals surface area contributed by atoms with Gasteiger partial charge in [-0.15, -0.1) is 0 Å². The lowest BCUT2D eigenvalue weighted by molar-refractivity contribution is -0.112. The Bertz CT molecular complexity index is 233. The number of hydrogen-bond acceptors (Lipinski definition) is 5. The van der Waals surface area contributed by atoms with Crippen LogP contribution in [0.1, 0.15) is 6.92 Å². The molecule has 0 aromatic heterocycles. The predicted molar refractivity (Wildman–Crippen MR) is 42.9 cm³/mol. The highest BCUT2D eigenvalue weighted by Gasteiger charge is 2.34. The molecule has 0 amide bonds. The van der Waals surface area contributed by atoms with Gasteiger partial charge in [-0.3, -0.25) is 9.35 Å². The van der Waals surface area contributed by atoms with E-state index in [9.17, 15) is 13.2 Å². The Balaban J connectivity index is 4.75. The second-order valence-electron chi connectivity index (χ2n) is 1.78. The minimum absolute atomic E-state index is 1.15. The van der Waals surface area contributed by atoms with Gasteiger partial charge in [0.15, 0.2) is 0 Å². The topological polar surface area (TPSA) is 71.4 Å². The molecule has 0 saturated heterocycles. The van der Waals surface area contributed by atoms with Crippen LogP contribution in [0, 0.1) is 0 Å². The van der Waals surface area contributed by atoms with Gasteiger partial charge in [-0.25, -0.2) is 0 Å². The molecule has 0 bridgehead atoms. The van der Waals surface area contributed by atoms with E-state index in [-0.39, 0.29) is 0 Å². The molecule has 0 aliphatic heterocycles. The second-order valence-corrected chi connectivity index (χ2v) is 5.25. The Kier molecular flexibility index (Phi) is 2.80. The fourth-order valence-corrected chi connectivity index (χ4v) is 1.43. The summed E-state index contributed by atoms with van der Waals surface area (Å²) in [6.07, 6.45) is 0. The van der Waals surface area contributed by atoms with Crippen LogP contribution in [0.3, 0.4) is 0 Å². The van der Waals surface area contributed by atoms with Crippen molar-refractivity contribution in [3.8, 4) is 0 Å². The monoisotopic (exact) mass is 202 g/mol. The van der Waals surface area contributed by atoms with E-state index >= 15 is 0 Å². The lowest BCUT2D eigenvalue weighted by atomic mass is 10.5. The van der Waals surface area contributed by atoms with E-state index in [0.29, 0.717) is 0 Å². The summed E-state index contributed by atoms with van der Waals surface area (Å²) in [5.41, 5.74) is 0. The molecule has 0 aliphatic rings. The van der Waals surface area contributed by atoms with Gasteiger partial charge in [-0.1, -0.05) is 0 Å². The molecule has 0 rings (SSSR count). The van der Waals surface area contributed by atoms with Crippen molar-refractivity contribution in [1.82, 2.24) is 0 Å². The molecule has 0 unspecified atom stereocenters. The van der Waals surface area contributed by atoms with Crippen LogP contribution >= 0.6 is 25.3 Å². The first kappa shape index (κ1) is 10.3. The number of carbonyl (C=O) groups excluding carboxylic acids is 1. The molecular weight excluding hydrogens is 196 g/mol. The maximum atomic E-state index is 10.5. The third-order valence-corrected chi connectivity index (χ3v) is 2.21. The van der Waals surface area contributed by atoms with Crippen molar-refractivity contribution < 1.29 is 17.8 Å². The smallest absolute Gasteiger partial charge is 0.280 e. The maximum Gasteiger partial charge on any atom is 0.331 e. The molecule has 7 heteroatoms. The Labute approximate surface area is 69.6 Å². The van der Waals surface area contributed by atoms with Crippen LogP contribution in [-0.4, -0.2) is 22.2 Å². The van der Waals surface area contributed by atoms with Crippen LogP contribution in [-0.2, 0) is 14.9 Å². The number of rotatable bonds is 1. The largest absolute Gasteiger partial charge is 0.331 e. The maximum absolute atomic E-state index is 10.5. The van der Waals surface area contributed by atoms with Crippen LogP contribution in [0.2, 0.25) is 0 Å². The molecule has 0 heterocycles. The first-order chi connectivity index (χ1) is 4.15. The second kappa shape index (κ2) is 2.72. The summed E-state index contributed by atoms with van der Waals surface area (Å²) in [6, 6.07) is 0. The molecule has 0 atom stereocenters. The van der Waals surface area contributed by atoms with E-state index in [2.05, 4.69) is 25.3 Å². The van der Waals surface area contributed by atoms with Crippen molar-refractivity contribution in [2.45, 2.75) is 11.0 Å². The first-order valence-electron chi connectivity index (χ1n) is 2.12. The van der Waals surface area contributed by atoms with Crippen LogP contribution in [0.25, 0.3) is 0 Å². The van der Waals surface area contributed by atoms with Gasteiger partial charge in [0.25, 0.3) is 5.12 Å². The Morgan fingerprint density at radius 3 is 1.80 bits per heavy atom. The standard InChI is InChI=1S/C3H6O4S3/c1-3(8,9)2(4)10(5,6)7/h8-9H,1H3,(H,5,6,7). The minimum atomic E-state index is -4.65. The molecule has 0 spiro atoms. The van der Waals surface area contributed by atoms with Crippen LogP contribution in [0.15, 0.2) is 0 Å². The molecule has 0 aromatic rings. The third kappa shape index (κ3) is 2.91. The summed E-state index contributed by atoms with van der Waals surface area (Å²) < 4.78 is 26.7. The summed E-state index contributed by atoms with van der Waals surface area (Å²) in [4.78, 5) is 10.5. The van der Waals surface area contributed by atoms with Crippen molar-refractivity contribution in [1.29, 1.82) is 0 Å². The Morgan fingerprint density at radius 2 is 1.80 bits per heavy atom. The molecular formula is C3H6O4S3. The SMILES string of the molecule is CC(S)(S)C(=O)S(=O)(=O)O. The zero-order chi connectivity index (χ0) is 8.58. The van der Waals surface area contributed by atoms with E-state index in [1.165, 1.54) is 0 Å². The van der Waals surface area contributed by atoms with E-state index < -0.39 is 19.3 Å². The van der Waals surface area contributed by atoms with Crippen LogP contribution in [0.5, 0.6) is 0 Å². The zero-order valence-corrected chi connectivity index (χ0v) is 7.58. The summed E-state index contributed by atoms with van der Waals surface area (Å²) >= 11 is 7.04. The van der Waals surface area contributed by atoms with Crippen molar-refractivity contribution in [3.63, 3.8) is 0 Å². The third-order valence-electron chi connectivity index (χ3n) is 0.621. The van der Waals surface area contributed by atoms with Crippen molar-refractivity contribution >= 4 is 40.5 Å². The van der Waals surface area contributed by atoms with Gasteiger partial charge in [-0.05, 0) is 6.92 Å². The quantitative estimate of drug-likeness (QED) is 0.317. The van der Waals surface area contributed by atoms with Crippen LogP contribution < -0.4 is 0 Å². The number of hydrogen-bond donors (Lipinski definition) is 3. The van der Waals surface area contributed by atoms with Gasteiger partial charge in [0.2, 0.25) is 0 Å². The summed E-state index contributed by atoms with van der Waals surface area (Å²) in [5.74, 6) is 0. The minimum Gasteiger partial charge on any atom is -0.280 e. The number of carbonyl (C=O) groups is 1. The van der Waals surface area contributed by atoms with Crippen LogP contribution in [0.4, 0.5) is 0 Å². The Hall–Kier alpha value is 0.280. The molecule has 4 nitrogen and oxygen atoms in total.